The molecule has 0 aliphatic heterocycles. The average molecular weight is 274 g/mol. The second kappa shape index (κ2) is 5.17. The van der Waals surface area contributed by atoms with Crippen molar-refractivity contribution in [1.82, 2.24) is 9.36 Å². The van der Waals surface area contributed by atoms with Crippen LogP contribution in [0.15, 0.2) is 18.2 Å². The number of fused-ring (bicyclic) bond motifs is 1. The molecule has 0 saturated heterocycles. The Bertz CT molecular complexity index is 579. The van der Waals surface area contributed by atoms with Gasteiger partial charge in [-0.25, -0.2) is 4.98 Å². The van der Waals surface area contributed by atoms with Crippen LogP contribution < -0.4 is 11.1 Å². The van der Waals surface area contributed by atoms with Gasteiger partial charge in [0, 0.05) is 23.6 Å². The summed E-state index contributed by atoms with van der Waals surface area (Å²) in [4.78, 5) is 4.48. The van der Waals surface area contributed by atoms with E-state index in [9.17, 15) is 0 Å². The normalized spacial score (nSPS) is 18.1. The predicted molar refractivity (Wildman–Crippen MR) is 79.4 cm³/mol. The number of nitrogens with one attached hydrogen (secondary N) is 1. The highest BCUT2D eigenvalue weighted by molar-refractivity contribution is 7.09. The first-order valence-corrected chi connectivity index (χ1v) is 7.51. The van der Waals surface area contributed by atoms with Crippen molar-refractivity contribution in [2.24, 2.45) is 0 Å². The summed E-state index contributed by atoms with van der Waals surface area (Å²) in [5.41, 5.74) is 9.43. The number of anilines is 2. The van der Waals surface area contributed by atoms with E-state index in [2.05, 4.69) is 33.7 Å². The molecule has 0 bridgehead atoms. The van der Waals surface area contributed by atoms with Gasteiger partial charge < -0.3 is 11.1 Å². The van der Waals surface area contributed by atoms with E-state index < -0.39 is 0 Å². The smallest absolute Gasteiger partial charge is 0.203 e. The van der Waals surface area contributed by atoms with E-state index >= 15 is 0 Å². The Kier molecular flexibility index (Phi) is 3.38. The lowest BCUT2D eigenvalue weighted by molar-refractivity contribution is 0.600. The van der Waals surface area contributed by atoms with Gasteiger partial charge in [0.25, 0.3) is 0 Å². The Morgan fingerprint density at radius 3 is 3.16 bits per heavy atom. The largest absolute Gasteiger partial charge is 0.399 e. The average Bonchev–Trinajstić information content (AvgIpc) is 2.86. The number of nitrogens with two attached hydrogens (primary N) is 1. The molecule has 0 radical (unpaired) electrons. The van der Waals surface area contributed by atoms with E-state index in [1.165, 1.54) is 29.1 Å². The van der Waals surface area contributed by atoms with Gasteiger partial charge in [-0.05, 0) is 42.5 Å². The summed E-state index contributed by atoms with van der Waals surface area (Å²) in [5.74, 6) is 0.917. The summed E-state index contributed by atoms with van der Waals surface area (Å²) >= 11 is 1.45. The van der Waals surface area contributed by atoms with Crippen molar-refractivity contribution in [3.63, 3.8) is 0 Å². The van der Waals surface area contributed by atoms with Crippen LogP contribution in [0.25, 0.3) is 0 Å². The van der Waals surface area contributed by atoms with E-state index in [0.717, 1.165) is 35.9 Å². The molecule has 1 heterocycles. The first-order chi connectivity index (χ1) is 9.26. The Morgan fingerprint density at radius 1 is 1.47 bits per heavy atom. The summed E-state index contributed by atoms with van der Waals surface area (Å²) in [7, 11) is 0. The first kappa shape index (κ1) is 12.4. The zero-order chi connectivity index (χ0) is 13.2. The number of aryl methyl sites for hydroxylation is 2. The molecule has 0 amide bonds. The van der Waals surface area contributed by atoms with Gasteiger partial charge in [-0.2, -0.15) is 4.37 Å². The molecule has 0 spiro atoms. The van der Waals surface area contributed by atoms with Crippen LogP contribution in [-0.2, 0) is 12.8 Å². The van der Waals surface area contributed by atoms with Crippen LogP contribution in [0.2, 0.25) is 0 Å². The van der Waals surface area contributed by atoms with Crippen molar-refractivity contribution < 1.29 is 0 Å². The van der Waals surface area contributed by atoms with Gasteiger partial charge in [0.15, 0.2) is 0 Å². The Labute approximate surface area is 117 Å². The standard InChI is InChI=1S/C14H18N4S/c1-2-13-17-14(19-18-13)16-12-5-3-4-9-8-10(15)6-7-11(9)12/h6-8,12H,2-5,15H2,1H3,(H,16,17,18). The fraction of sp³-hybridized carbons (Fsp3) is 0.429. The SMILES string of the molecule is CCc1nsc(NC2CCCc3cc(N)ccc32)n1. The summed E-state index contributed by atoms with van der Waals surface area (Å²) in [6.45, 7) is 2.07. The fourth-order valence-electron chi connectivity index (χ4n) is 2.59. The maximum absolute atomic E-state index is 5.86. The van der Waals surface area contributed by atoms with E-state index in [1.807, 2.05) is 6.07 Å². The molecule has 3 rings (SSSR count). The first-order valence-electron chi connectivity index (χ1n) is 6.73. The van der Waals surface area contributed by atoms with E-state index in [0.29, 0.717) is 6.04 Å². The Morgan fingerprint density at radius 2 is 2.37 bits per heavy atom. The van der Waals surface area contributed by atoms with Gasteiger partial charge in [-0.3, -0.25) is 0 Å². The highest BCUT2D eigenvalue weighted by Gasteiger charge is 2.21. The molecule has 2 aromatic rings. The molecule has 3 N–H and O–H groups in total. The summed E-state index contributed by atoms with van der Waals surface area (Å²) in [6.07, 6.45) is 4.33. The van der Waals surface area contributed by atoms with Crippen molar-refractivity contribution in [2.75, 3.05) is 11.1 Å². The second-order valence-electron chi connectivity index (χ2n) is 4.92. The van der Waals surface area contributed by atoms with Crippen LogP contribution in [-0.4, -0.2) is 9.36 Å². The third-order valence-electron chi connectivity index (χ3n) is 3.56. The molecular weight excluding hydrogens is 256 g/mol. The molecule has 1 aromatic heterocycles. The van der Waals surface area contributed by atoms with Crippen LogP contribution in [0.1, 0.15) is 42.8 Å². The van der Waals surface area contributed by atoms with Crippen molar-refractivity contribution in [3.05, 3.63) is 35.2 Å². The van der Waals surface area contributed by atoms with Crippen molar-refractivity contribution in [3.8, 4) is 0 Å². The molecular formula is C14H18N4S. The predicted octanol–water partition coefficient (Wildman–Crippen LogP) is 3.17. The minimum atomic E-state index is 0.335. The molecule has 0 saturated carbocycles. The number of aromatic nitrogens is 2. The molecule has 1 aliphatic rings. The van der Waals surface area contributed by atoms with E-state index in [4.69, 9.17) is 5.73 Å². The molecule has 100 valence electrons. The van der Waals surface area contributed by atoms with Crippen molar-refractivity contribution in [2.45, 2.75) is 38.6 Å². The van der Waals surface area contributed by atoms with Crippen LogP contribution in [0.4, 0.5) is 10.8 Å². The highest BCUT2D eigenvalue weighted by Crippen LogP contribution is 2.33. The van der Waals surface area contributed by atoms with Gasteiger partial charge in [-0.15, -0.1) is 0 Å². The maximum Gasteiger partial charge on any atom is 0.203 e. The molecule has 1 aromatic carbocycles. The van der Waals surface area contributed by atoms with Gasteiger partial charge in [0.2, 0.25) is 5.13 Å². The van der Waals surface area contributed by atoms with Gasteiger partial charge in [0.1, 0.15) is 5.82 Å². The van der Waals surface area contributed by atoms with Crippen molar-refractivity contribution >= 4 is 22.4 Å². The van der Waals surface area contributed by atoms with Gasteiger partial charge in [-0.1, -0.05) is 13.0 Å². The van der Waals surface area contributed by atoms with Crippen LogP contribution in [0, 0.1) is 0 Å². The number of nitrogen functional groups attached to an aromatic ring is 1. The molecule has 5 heteroatoms. The lowest BCUT2D eigenvalue weighted by atomic mass is 9.87. The van der Waals surface area contributed by atoms with Crippen LogP contribution >= 0.6 is 11.5 Å². The molecule has 0 fully saturated rings. The molecule has 4 nitrogen and oxygen atoms in total. The Balaban J connectivity index is 1.83. The van der Waals surface area contributed by atoms with Crippen LogP contribution in [0.3, 0.4) is 0 Å². The summed E-state index contributed by atoms with van der Waals surface area (Å²) < 4.78 is 4.32. The molecule has 1 atom stereocenters. The van der Waals surface area contributed by atoms with E-state index in [1.54, 1.807) is 0 Å². The summed E-state index contributed by atoms with van der Waals surface area (Å²) in [6, 6.07) is 6.56. The van der Waals surface area contributed by atoms with Crippen molar-refractivity contribution in [1.29, 1.82) is 0 Å². The Hall–Kier alpha value is -1.62. The number of hydrogen-bond donors (Lipinski definition) is 2. The van der Waals surface area contributed by atoms with Gasteiger partial charge >= 0.3 is 0 Å². The van der Waals surface area contributed by atoms with E-state index in [-0.39, 0.29) is 0 Å². The molecule has 19 heavy (non-hydrogen) atoms. The van der Waals surface area contributed by atoms with Gasteiger partial charge in [0.05, 0.1) is 6.04 Å². The molecule has 1 aliphatic carbocycles. The quantitative estimate of drug-likeness (QED) is 0.844. The maximum atomic E-state index is 5.86. The fourth-order valence-corrected chi connectivity index (χ4v) is 3.29. The third kappa shape index (κ3) is 2.56. The number of rotatable bonds is 3. The number of nitrogens with zero attached hydrogens (tertiary/aromatic N) is 2. The zero-order valence-electron chi connectivity index (χ0n) is 11.0. The molecule has 1 unspecified atom stereocenters. The zero-order valence-corrected chi connectivity index (χ0v) is 11.8. The number of hydrogen-bond acceptors (Lipinski definition) is 5. The van der Waals surface area contributed by atoms with Crippen LogP contribution in [0.5, 0.6) is 0 Å². The second-order valence-corrected chi connectivity index (χ2v) is 5.67. The lowest BCUT2D eigenvalue weighted by Crippen LogP contribution is -2.17. The minimum absolute atomic E-state index is 0.335. The lowest BCUT2D eigenvalue weighted by Gasteiger charge is -2.26. The number of benzene rings is 1. The topological polar surface area (TPSA) is 63.8 Å². The monoisotopic (exact) mass is 274 g/mol. The highest BCUT2D eigenvalue weighted by atomic mass is 32.1. The third-order valence-corrected chi connectivity index (χ3v) is 4.25. The summed E-state index contributed by atoms with van der Waals surface area (Å²) in [5, 5.41) is 4.44. The minimum Gasteiger partial charge on any atom is -0.399 e.